The lowest BCUT2D eigenvalue weighted by atomic mass is 10.2. The number of alkyl halides is 3. The maximum Gasteiger partial charge on any atom is 0.422 e. The van der Waals surface area contributed by atoms with Gasteiger partial charge in [0, 0.05) is 17.6 Å². The van der Waals surface area contributed by atoms with Gasteiger partial charge >= 0.3 is 6.18 Å². The van der Waals surface area contributed by atoms with Crippen LogP contribution < -0.4 is 10.5 Å². The second kappa shape index (κ2) is 4.08. The zero-order valence-corrected chi connectivity index (χ0v) is 8.53. The fourth-order valence-corrected chi connectivity index (χ4v) is 1.29. The van der Waals surface area contributed by atoms with Gasteiger partial charge in [-0.1, -0.05) is 0 Å². The van der Waals surface area contributed by atoms with Crippen LogP contribution in [0.5, 0.6) is 5.88 Å². The van der Waals surface area contributed by atoms with E-state index < -0.39 is 12.8 Å². The number of pyridine rings is 2. The van der Waals surface area contributed by atoms with Gasteiger partial charge in [0.1, 0.15) is 11.3 Å². The first-order chi connectivity index (χ1) is 7.96. The molecule has 0 radical (unpaired) electrons. The number of nitrogen functional groups attached to an aromatic ring is 1. The van der Waals surface area contributed by atoms with Crippen molar-refractivity contribution in [3.05, 3.63) is 24.4 Å². The average molecular weight is 243 g/mol. The summed E-state index contributed by atoms with van der Waals surface area (Å²) in [5.41, 5.74) is 5.88. The number of anilines is 1. The summed E-state index contributed by atoms with van der Waals surface area (Å²) in [6.45, 7) is -1.38. The van der Waals surface area contributed by atoms with E-state index in [1.165, 1.54) is 12.3 Å². The molecule has 4 nitrogen and oxygen atoms in total. The fourth-order valence-electron chi connectivity index (χ4n) is 1.29. The minimum Gasteiger partial charge on any atom is -0.468 e. The van der Waals surface area contributed by atoms with Gasteiger partial charge in [0.05, 0.1) is 0 Å². The summed E-state index contributed by atoms with van der Waals surface area (Å²) in [7, 11) is 0. The van der Waals surface area contributed by atoms with Crippen LogP contribution in [-0.4, -0.2) is 22.8 Å². The molecule has 2 heterocycles. The summed E-state index contributed by atoms with van der Waals surface area (Å²) in [6.07, 6.45) is -2.90. The molecular weight excluding hydrogens is 235 g/mol. The zero-order valence-electron chi connectivity index (χ0n) is 8.53. The van der Waals surface area contributed by atoms with E-state index in [2.05, 4.69) is 14.7 Å². The van der Waals surface area contributed by atoms with Crippen molar-refractivity contribution in [3.8, 4) is 5.88 Å². The van der Waals surface area contributed by atoms with Crippen molar-refractivity contribution in [2.24, 2.45) is 0 Å². The van der Waals surface area contributed by atoms with Crippen molar-refractivity contribution in [1.82, 2.24) is 9.97 Å². The Morgan fingerprint density at radius 3 is 2.71 bits per heavy atom. The normalized spacial score (nSPS) is 11.7. The van der Waals surface area contributed by atoms with Gasteiger partial charge in [-0.15, -0.1) is 0 Å². The van der Waals surface area contributed by atoms with E-state index in [9.17, 15) is 13.2 Å². The Hall–Kier alpha value is -2.05. The lowest BCUT2D eigenvalue weighted by Crippen LogP contribution is -2.19. The molecule has 0 fully saturated rings. The monoisotopic (exact) mass is 243 g/mol. The van der Waals surface area contributed by atoms with Gasteiger partial charge < -0.3 is 10.5 Å². The smallest absolute Gasteiger partial charge is 0.422 e. The van der Waals surface area contributed by atoms with Crippen molar-refractivity contribution in [2.45, 2.75) is 6.18 Å². The van der Waals surface area contributed by atoms with Gasteiger partial charge in [-0.25, -0.2) is 9.97 Å². The Bertz CT molecular complexity index is 542. The van der Waals surface area contributed by atoms with Crippen LogP contribution in [0.2, 0.25) is 0 Å². The number of fused-ring (bicyclic) bond motifs is 1. The van der Waals surface area contributed by atoms with E-state index in [1.807, 2.05) is 0 Å². The quantitative estimate of drug-likeness (QED) is 0.877. The molecule has 2 rings (SSSR count). The number of nitrogens with two attached hydrogens (primary N) is 1. The van der Waals surface area contributed by atoms with E-state index >= 15 is 0 Å². The average Bonchev–Trinajstić information content (AvgIpc) is 2.26. The molecule has 2 N–H and O–H groups in total. The zero-order chi connectivity index (χ0) is 12.5. The second-order valence-corrected chi connectivity index (χ2v) is 3.32. The van der Waals surface area contributed by atoms with Gasteiger partial charge in [-0.05, 0) is 12.1 Å². The van der Waals surface area contributed by atoms with Gasteiger partial charge in [0.25, 0.3) is 0 Å². The maximum atomic E-state index is 11.9. The Morgan fingerprint density at radius 2 is 2.00 bits per heavy atom. The SMILES string of the molecule is Nc1nccc2ccc(OCC(F)(F)F)nc12. The highest BCUT2D eigenvalue weighted by Gasteiger charge is 2.28. The molecule has 0 bridgehead atoms. The summed E-state index contributed by atoms with van der Waals surface area (Å²) in [5.74, 6) is 0.0227. The summed E-state index contributed by atoms with van der Waals surface area (Å²) >= 11 is 0. The number of hydrogen-bond donors (Lipinski definition) is 1. The molecule has 0 unspecified atom stereocenters. The van der Waals surface area contributed by atoms with Crippen molar-refractivity contribution >= 4 is 16.7 Å². The van der Waals surface area contributed by atoms with Crippen LogP contribution in [0.15, 0.2) is 24.4 Å². The second-order valence-electron chi connectivity index (χ2n) is 3.32. The van der Waals surface area contributed by atoms with Gasteiger partial charge in [0.2, 0.25) is 5.88 Å². The van der Waals surface area contributed by atoms with Gasteiger partial charge in [-0.3, -0.25) is 0 Å². The highest BCUT2D eigenvalue weighted by atomic mass is 19.4. The third kappa shape index (κ3) is 2.74. The van der Waals surface area contributed by atoms with E-state index in [-0.39, 0.29) is 11.7 Å². The van der Waals surface area contributed by atoms with E-state index in [0.717, 1.165) is 0 Å². The number of aromatic nitrogens is 2. The van der Waals surface area contributed by atoms with Crippen molar-refractivity contribution in [1.29, 1.82) is 0 Å². The highest BCUT2D eigenvalue weighted by Crippen LogP contribution is 2.21. The third-order valence-corrected chi connectivity index (χ3v) is 1.99. The number of halogens is 3. The molecule has 0 spiro atoms. The summed E-state index contributed by atoms with van der Waals surface area (Å²) in [4.78, 5) is 7.66. The Morgan fingerprint density at radius 1 is 1.24 bits per heavy atom. The molecular formula is C10H8F3N3O. The molecule has 0 amide bonds. The lowest BCUT2D eigenvalue weighted by Gasteiger charge is -2.09. The predicted octanol–water partition coefficient (Wildman–Crippen LogP) is 2.15. The molecule has 0 atom stereocenters. The molecule has 0 aliphatic heterocycles. The van der Waals surface area contributed by atoms with Crippen LogP contribution in [0.1, 0.15) is 0 Å². The standard InChI is InChI=1S/C10H8F3N3O/c11-10(12,13)5-17-7-2-1-6-3-4-15-9(14)8(6)16-7/h1-4H,5H2,(H2,14,15). The van der Waals surface area contributed by atoms with E-state index in [1.54, 1.807) is 12.1 Å². The van der Waals surface area contributed by atoms with Crippen molar-refractivity contribution in [3.63, 3.8) is 0 Å². The molecule has 0 aliphatic carbocycles. The Kier molecular flexibility index (Phi) is 2.74. The molecule has 7 heteroatoms. The van der Waals surface area contributed by atoms with Crippen LogP contribution >= 0.6 is 0 Å². The Labute approximate surface area is 94.2 Å². The van der Waals surface area contributed by atoms with E-state index in [4.69, 9.17) is 5.73 Å². The number of hydrogen-bond acceptors (Lipinski definition) is 4. The van der Waals surface area contributed by atoms with Crippen LogP contribution in [-0.2, 0) is 0 Å². The molecule has 2 aromatic heterocycles. The van der Waals surface area contributed by atoms with Gasteiger partial charge in [0.15, 0.2) is 6.61 Å². The molecule has 0 saturated heterocycles. The first-order valence-electron chi connectivity index (χ1n) is 4.66. The molecule has 90 valence electrons. The molecule has 0 aliphatic rings. The summed E-state index contributed by atoms with van der Waals surface area (Å²) < 4.78 is 40.3. The molecule has 0 aromatic carbocycles. The van der Waals surface area contributed by atoms with Crippen LogP contribution in [0.3, 0.4) is 0 Å². The topological polar surface area (TPSA) is 61.0 Å². The molecule has 2 aromatic rings. The first-order valence-corrected chi connectivity index (χ1v) is 4.66. The minimum atomic E-state index is -4.39. The Balaban J connectivity index is 2.28. The fraction of sp³-hybridized carbons (Fsp3) is 0.200. The van der Waals surface area contributed by atoms with Crippen LogP contribution in [0, 0.1) is 0 Å². The lowest BCUT2D eigenvalue weighted by molar-refractivity contribution is -0.154. The molecule has 0 saturated carbocycles. The van der Waals surface area contributed by atoms with Crippen molar-refractivity contribution in [2.75, 3.05) is 12.3 Å². The van der Waals surface area contributed by atoms with E-state index in [0.29, 0.717) is 10.9 Å². The van der Waals surface area contributed by atoms with Crippen LogP contribution in [0.25, 0.3) is 10.9 Å². The number of ether oxygens (including phenoxy) is 1. The molecule has 17 heavy (non-hydrogen) atoms. The first kappa shape index (κ1) is 11.4. The number of nitrogens with zero attached hydrogens (tertiary/aromatic N) is 2. The van der Waals surface area contributed by atoms with Crippen LogP contribution in [0.4, 0.5) is 19.0 Å². The summed E-state index contributed by atoms with van der Waals surface area (Å²) in [6, 6.07) is 4.59. The minimum absolute atomic E-state index is 0.130. The van der Waals surface area contributed by atoms with Gasteiger partial charge in [-0.2, -0.15) is 13.2 Å². The maximum absolute atomic E-state index is 11.9. The van der Waals surface area contributed by atoms with Crippen molar-refractivity contribution < 1.29 is 17.9 Å². The number of rotatable bonds is 2. The largest absolute Gasteiger partial charge is 0.468 e. The highest BCUT2D eigenvalue weighted by molar-refractivity contribution is 5.87. The third-order valence-electron chi connectivity index (χ3n) is 1.99. The predicted molar refractivity (Wildman–Crippen MR) is 55.5 cm³/mol. The summed E-state index contributed by atoms with van der Waals surface area (Å²) in [5, 5.41) is 0.692.